The van der Waals surface area contributed by atoms with Crippen LogP contribution >= 0.6 is 11.6 Å². The van der Waals surface area contributed by atoms with Crippen LogP contribution in [0.4, 0.5) is 16.0 Å². The smallest absolute Gasteiger partial charge is 0.316 e. The highest BCUT2D eigenvalue weighted by Gasteiger charge is 2.12. The molecule has 4 aromatic rings. The summed E-state index contributed by atoms with van der Waals surface area (Å²) >= 11 is 5.91. The minimum absolute atomic E-state index is 0.0340. The second-order valence-electron chi connectivity index (χ2n) is 6.67. The monoisotopic (exact) mass is 412 g/mol. The van der Waals surface area contributed by atoms with Crippen molar-refractivity contribution in [2.75, 3.05) is 12.4 Å². The summed E-state index contributed by atoms with van der Waals surface area (Å²) in [7, 11) is 1.41. The Morgan fingerprint density at radius 2 is 2.10 bits per heavy atom. The van der Waals surface area contributed by atoms with E-state index >= 15 is 0 Å². The van der Waals surface area contributed by atoms with Crippen LogP contribution in [0.2, 0.25) is 5.02 Å². The molecule has 4 rings (SSSR count). The van der Waals surface area contributed by atoms with Crippen molar-refractivity contribution in [1.29, 1.82) is 0 Å². The average molecular weight is 413 g/mol. The zero-order valence-electron chi connectivity index (χ0n) is 15.8. The molecule has 6 nitrogen and oxygen atoms in total. The van der Waals surface area contributed by atoms with Gasteiger partial charge in [0.25, 0.3) is 0 Å². The highest BCUT2D eigenvalue weighted by atomic mass is 35.5. The minimum Gasteiger partial charge on any atom is -0.490 e. The first-order chi connectivity index (χ1) is 13.9. The van der Waals surface area contributed by atoms with Crippen molar-refractivity contribution >= 4 is 34.1 Å². The van der Waals surface area contributed by atoms with Gasteiger partial charge in [0, 0.05) is 22.8 Å². The largest absolute Gasteiger partial charge is 0.490 e. The van der Waals surface area contributed by atoms with E-state index in [0.29, 0.717) is 12.5 Å². The fraction of sp³-hybridized carbons (Fsp3) is 0.143. The quantitative estimate of drug-likeness (QED) is 0.501. The van der Waals surface area contributed by atoms with Crippen LogP contribution in [0.15, 0.2) is 53.6 Å². The number of H-pyrrole nitrogens is 1. The molecule has 2 aromatic heterocycles. The maximum atomic E-state index is 13.5. The fourth-order valence-electron chi connectivity index (χ4n) is 3.13. The summed E-state index contributed by atoms with van der Waals surface area (Å²) in [6.07, 6.45) is 3.44. The molecular weight excluding hydrogens is 395 g/mol. The highest BCUT2D eigenvalue weighted by molar-refractivity contribution is 6.30. The van der Waals surface area contributed by atoms with E-state index in [9.17, 15) is 9.18 Å². The second kappa shape index (κ2) is 7.60. The van der Waals surface area contributed by atoms with Crippen LogP contribution in [0.5, 0.6) is 5.75 Å². The van der Waals surface area contributed by atoms with Crippen LogP contribution in [-0.2, 0) is 6.54 Å². The number of anilines is 2. The van der Waals surface area contributed by atoms with Crippen molar-refractivity contribution in [3.8, 4) is 5.75 Å². The van der Waals surface area contributed by atoms with Gasteiger partial charge >= 0.3 is 5.56 Å². The van der Waals surface area contributed by atoms with E-state index in [1.165, 1.54) is 13.2 Å². The number of ether oxygens (including phenoxy) is 1. The normalized spacial score (nSPS) is 11.0. The Morgan fingerprint density at radius 1 is 1.28 bits per heavy atom. The predicted molar refractivity (Wildman–Crippen MR) is 112 cm³/mol. The lowest BCUT2D eigenvalue weighted by Crippen LogP contribution is -2.19. The third-order valence-electron chi connectivity index (χ3n) is 4.66. The molecule has 2 aromatic carbocycles. The van der Waals surface area contributed by atoms with Crippen LogP contribution in [0, 0.1) is 12.7 Å². The number of halogens is 2. The number of methoxy groups -OCH3 is 1. The number of nitrogens with zero attached hydrogens (tertiary/aromatic N) is 2. The van der Waals surface area contributed by atoms with Crippen LogP contribution < -0.4 is 15.6 Å². The zero-order chi connectivity index (χ0) is 20.5. The van der Waals surface area contributed by atoms with Crippen molar-refractivity contribution in [2.24, 2.45) is 0 Å². The van der Waals surface area contributed by atoms with E-state index in [-0.39, 0.29) is 10.8 Å². The molecule has 0 unspecified atom stereocenters. The van der Waals surface area contributed by atoms with Gasteiger partial charge in [-0.2, -0.15) is 4.98 Å². The topological polar surface area (TPSA) is 71.9 Å². The lowest BCUT2D eigenvalue weighted by Gasteiger charge is -2.16. The summed E-state index contributed by atoms with van der Waals surface area (Å²) in [5, 5.41) is 4.30. The SMILES string of the molecule is COc1cn(Cc2ccc(F)c(Cl)c2)c(Nc2cc3cc[nH]c3cc2C)nc1=O. The van der Waals surface area contributed by atoms with E-state index in [0.717, 1.165) is 27.7 Å². The molecule has 2 heterocycles. The fourth-order valence-corrected chi connectivity index (χ4v) is 3.34. The molecule has 0 aliphatic heterocycles. The van der Waals surface area contributed by atoms with Gasteiger partial charge in [0.15, 0.2) is 0 Å². The summed E-state index contributed by atoms with van der Waals surface area (Å²) in [5.41, 5.74) is 3.10. The van der Waals surface area contributed by atoms with Crippen LogP contribution in [0.25, 0.3) is 10.9 Å². The Balaban J connectivity index is 1.76. The van der Waals surface area contributed by atoms with Crippen molar-refractivity contribution in [3.05, 3.63) is 81.1 Å². The number of hydrogen-bond acceptors (Lipinski definition) is 4. The summed E-state index contributed by atoms with van der Waals surface area (Å²) in [5.74, 6) is -0.0318. The molecule has 0 bridgehead atoms. The van der Waals surface area contributed by atoms with Crippen molar-refractivity contribution in [1.82, 2.24) is 14.5 Å². The molecule has 0 saturated heterocycles. The molecule has 0 radical (unpaired) electrons. The number of hydrogen-bond donors (Lipinski definition) is 2. The van der Waals surface area contributed by atoms with Gasteiger partial charge in [0.05, 0.1) is 24.9 Å². The Bertz CT molecular complexity index is 1270. The van der Waals surface area contributed by atoms with E-state index in [4.69, 9.17) is 16.3 Å². The van der Waals surface area contributed by atoms with E-state index < -0.39 is 11.4 Å². The van der Waals surface area contributed by atoms with Gasteiger partial charge in [0.2, 0.25) is 11.7 Å². The molecule has 0 saturated carbocycles. The third-order valence-corrected chi connectivity index (χ3v) is 4.95. The molecule has 0 amide bonds. The number of rotatable bonds is 5. The Morgan fingerprint density at radius 3 is 2.86 bits per heavy atom. The summed E-state index contributed by atoms with van der Waals surface area (Å²) < 4.78 is 20.3. The van der Waals surface area contributed by atoms with Crippen molar-refractivity contribution in [3.63, 3.8) is 0 Å². The number of aromatic nitrogens is 3. The average Bonchev–Trinajstić information content (AvgIpc) is 3.14. The molecule has 0 fully saturated rings. The van der Waals surface area contributed by atoms with Gasteiger partial charge in [-0.15, -0.1) is 0 Å². The van der Waals surface area contributed by atoms with Gasteiger partial charge in [0.1, 0.15) is 5.82 Å². The van der Waals surface area contributed by atoms with Crippen molar-refractivity contribution in [2.45, 2.75) is 13.5 Å². The number of nitrogens with one attached hydrogen (secondary N) is 2. The second-order valence-corrected chi connectivity index (χ2v) is 7.08. The minimum atomic E-state index is -0.486. The molecule has 0 aliphatic rings. The Kier molecular flexibility index (Phi) is 4.98. The lowest BCUT2D eigenvalue weighted by atomic mass is 10.1. The summed E-state index contributed by atoms with van der Waals surface area (Å²) in [6, 6.07) is 10.5. The van der Waals surface area contributed by atoms with Crippen LogP contribution in [0.3, 0.4) is 0 Å². The first kappa shape index (κ1) is 19.0. The van der Waals surface area contributed by atoms with Gasteiger partial charge < -0.3 is 19.6 Å². The molecular formula is C21H18ClFN4O2. The third kappa shape index (κ3) is 3.82. The molecule has 0 spiro atoms. The van der Waals surface area contributed by atoms with E-state index in [1.54, 1.807) is 22.9 Å². The predicted octanol–water partition coefficient (Wildman–Crippen LogP) is 4.63. The highest BCUT2D eigenvalue weighted by Crippen LogP contribution is 2.26. The Labute approximate surface area is 170 Å². The van der Waals surface area contributed by atoms with Gasteiger partial charge in [-0.1, -0.05) is 17.7 Å². The Hall–Kier alpha value is -3.32. The van der Waals surface area contributed by atoms with Gasteiger partial charge in [-0.05, 0) is 48.4 Å². The molecule has 148 valence electrons. The lowest BCUT2D eigenvalue weighted by molar-refractivity contribution is 0.402. The number of benzene rings is 2. The maximum Gasteiger partial charge on any atom is 0.316 e. The van der Waals surface area contributed by atoms with E-state index in [1.807, 2.05) is 31.3 Å². The molecule has 2 N–H and O–H groups in total. The van der Waals surface area contributed by atoms with E-state index in [2.05, 4.69) is 15.3 Å². The number of aromatic amines is 1. The molecule has 0 aliphatic carbocycles. The maximum absolute atomic E-state index is 13.5. The van der Waals surface area contributed by atoms with Gasteiger partial charge in [-0.3, -0.25) is 4.79 Å². The standard InChI is InChI=1S/C21H18ClFN4O2/c1-12-7-18-14(5-6-24-18)9-17(12)25-21-26-20(28)19(29-2)11-27(21)10-13-3-4-16(23)15(22)8-13/h3-9,11,24H,10H2,1-2H3,(H,25,26,28). The molecule has 29 heavy (non-hydrogen) atoms. The first-order valence-corrected chi connectivity index (χ1v) is 9.26. The summed E-state index contributed by atoms with van der Waals surface area (Å²) in [6.45, 7) is 2.28. The summed E-state index contributed by atoms with van der Waals surface area (Å²) in [4.78, 5) is 19.6. The first-order valence-electron chi connectivity index (χ1n) is 8.89. The van der Waals surface area contributed by atoms with Crippen LogP contribution in [0.1, 0.15) is 11.1 Å². The van der Waals surface area contributed by atoms with Crippen LogP contribution in [-0.4, -0.2) is 21.6 Å². The molecule has 8 heteroatoms. The van der Waals surface area contributed by atoms with Crippen molar-refractivity contribution < 1.29 is 9.13 Å². The number of aryl methyl sites for hydroxylation is 1. The zero-order valence-corrected chi connectivity index (χ0v) is 16.5. The number of fused-ring (bicyclic) bond motifs is 1. The van der Waals surface area contributed by atoms with Gasteiger partial charge in [-0.25, -0.2) is 4.39 Å². The molecule has 0 atom stereocenters.